The highest BCUT2D eigenvalue weighted by molar-refractivity contribution is 5.87. The third-order valence-electron chi connectivity index (χ3n) is 2.22. The Morgan fingerprint density at radius 2 is 2.29 bits per heavy atom. The molecule has 2 aliphatic rings. The maximum Gasteiger partial charge on any atom is 0.340 e. The average molecular weight is 196 g/mol. The molecule has 14 heavy (non-hydrogen) atoms. The van der Waals surface area contributed by atoms with Gasteiger partial charge in [0.25, 0.3) is 0 Å². The largest absolute Gasteiger partial charge is 0.494 e. The van der Waals surface area contributed by atoms with Crippen molar-refractivity contribution in [3.8, 4) is 0 Å². The van der Waals surface area contributed by atoms with E-state index in [4.69, 9.17) is 14.2 Å². The van der Waals surface area contributed by atoms with E-state index in [-0.39, 0.29) is 0 Å². The molecule has 2 heterocycles. The monoisotopic (exact) mass is 196 g/mol. The summed E-state index contributed by atoms with van der Waals surface area (Å²) >= 11 is 0. The quantitative estimate of drug-likeness (QED) is 0.596. The zero-order valence-corrected chi connectivity index (χ0v) is 8.04. The fourth-order valence-electron chi connectivity index (χ4n) is 1.53. The molecule has 0 unspecified atom stereocenters. The maximum absolute atomic E-state index is 11.0. The number of hydrogen-bond acceptors (Lipinski definition) is 4. The van der Waals surface area contributed by atoms with Crippen molar-refractivity contribution in [2.75, 3.05) is 13.7 Å². The van der Waals surface area contributed by atoms with Crippen LogP contribution in [0.3, 0.4) is 0 Å². The first-order chi connectivity index (χ1) is 6.81. The smallest absolute Gasteiger partial charge is 0.340 e. The lowest BCUT2D eigenvalue weighted by molar-refractivity contribution is -0.132. The molecule has 4 nitrogen and oxygen atoms in total. The van der Waals surface area contributed by atoms with Gasteiger partial charge in [-0.2, -0.15) is 0 Å². The summed E-state index contributed by atoms with van der Waals surface area (Å²) in [7, 11) is 1.51. The lowest BCUT2D eigenvalue weighted by Crippen LogP contribution is -2.08. The molecule has 0 atom stereocenters. The van der Waals surface area contributed by atoms with Crippen LogP contribution in [-0.2, 0) is 19.0 Å². The van der Waals surface area contributed by atoms with Gasteiger partial charge >= 0.3 is 5.97 Å². The van der Waals surface area contributed by atoms with Gasteiger partial charge in [0.15, 0.2) is 5.76 Å². The lowest BCUT2D eigenvalue weighted by atomic mass is 10.1. The molecule has 0 bridgehead atoms. The first kappa shape index (κ1) is 9.12. The third-order valence-corrected chi connectivity index (χ3v) is 2.22. The predicted molar refractivity (Wildman–Crippen MR) is 48.0 cm³/mol. The summed E-state index contributed by atoms with van der Waals surface area (Å²) in [6, 6.07) is 0. The number of rotatable bonds is 1. The van der Waals surface area contributed by atoms with Crippen molar-refractivity contribution < 1.29 is 19.0 Å². The molecule has 0 aromatic carbocycles. The SMILES string of the molecule is COC1=CC(=O)O/C1=C1/CCCCO1. The summed E-state index contributed by atoms with van der Waals surface area (Å²) in [6.45, 7) is 0.688. The molecule has 0 spiro atoms. The van der Waals surface area contributed by atoms with Gasteiger partial charge in [0.2, 0.25) is 5.76 Å². The van der Waals surface area contributed by atoms with E-state index >= 15 is 0 Å². The molecule has 0 aromatic heterocycles. The van der Waals surface area contributed by atoms with Crippen molar-refractivity contribution in [2.45, 2.75) is 19.3 Å². The van der Waals surface area contributed by atoms with Crippen molar-refractivity contribution >= 4 is 5.97 Å². The van der Waals surface area contributed by atoms with Gasteiger partial charge in [0.1, 0.15) is 5.76 Å². The Labute approximate surface area is 82.1 Å². The summed E-state index contributed by atoms with van der Waals surface area (Å²) in [5, 5.41) is 0. The third kappa shape index (κ3) is 1.60. The summed E-state index contributed by atoms with van der Waals surface area (Å²) in [4.78, 5) is 11.0. The highest BCUT2D eigenvalue weighted by Gasteiger charge is 2.26. The minimum absolute atomic E-state index is 0.390. The molecule has 0 amide bonds. The van der Waals surface area contributed by atoms with E-state index in [1.807, 2.05) is 0 Å². The maximum atomic E-state index is 11.0. The molecule has 0 aliphatic carbocycles. The van der Waals surface area contributed by atoms with Gasteiger partial charge in [0, 0.05) is 6.42 Å². The Hall–Kier alpha value is -1.45. The Bertz CT molecular complexity index is 306. The van der Waals surface area contributed by atoms with Crippen LogP contribution in [0.4, 0.5) is 0 Å². The lowest BCUT2D eigenvalue weighted by Gasteiger charge is -2.17. The van der Waals surface area contributed by atoms with Gasteiger partial charge in [-0.25, -0.2) is 4.79 Å². The number of esters is 1. The van der Waals surface area contributed by atoms with Crippen LogP contribution in [0.2, 0.25) is 0 Å². The van der Waals surface area contributed by atoms with Crippen LogP contribution in [0.5, 0.6) is 0 Å². The number of cyclic esters (lactones) is 1. The molecular weight excluding hydrogens is 184 g/mol. The second-order valence-electron chi connectivity index (χ2n) is 3.19. The molecule has 0 saturated carbocycles. The molecule has 0 aromatic rings. The predicted octanol–water partition coefficient (Wildman–Crippen LogP) is 1.49. The fraction of sp³-hybridized carbons (Fsp3) is 0.500. The van der Waals surface area contributed by atoms with Gasteiger partial charge < -0.3 is 14.2 Å². The van der Waals surface area contributed by atoms with E-state index in [2.05, 4.69) is 0 Å². The molecule has 0 radical (unpaired) electrons. The Morgan fingerprint density at radius 3 is 2.93 bits per heavy atom. The summed E-state index contributed by atoms with van der Waals surface area (Å²) in [5.41, 5.74) is 0. The van der Waals surface area contributed by atoms with Gasteiger partial charge in [-0.1, -0.05) is 0 Å². The van der Waals surface area contributed by atoms with E-state index in [0.29, 0.717) is 18.1 Å². The van der Waals surface area contributed by atoms with Gasteiger partial charge in [-0.3, -0.25) is 0 Å². The highest BCUT2D eigenvalue weighted by atomic mass is 16.6. The van der Waals surface area contributed by atoms with E-state index in [9.17, 15) is 4.79 Å². The molecule has 2 aliphatic heterocycles. The van der Waals surface area contributed by atoms with Crippen molar-refractivity contribution in [3.05, 3.63) is 23.4 Å². The molecule has 76 valence electrons. The van der Waals surface area contributed by atoms with E-state index in [0.717, 1.165) is 25.0 Å². The van der Waals surface area contributed by atoms with Crippen LogP contribution in [0, 0.1) is 0 Å². The first-order valence-electron chi connectivity index (χ1n) is 4.65. The van der Waals surface area contributed by atoms with Crippen molar-refractivity contribution in [3.63, 3.8) is 0 Å². The summed E-state index contributed by atoms with van der Waals surface area (Å²) in [5.74, 6) is 1.26. The first-order valence-corrected chi connectivity index (χ1v) is 4.65. The number of ether oxygens (including phenoxy) is 3. The number of carbonyl (C=O) groups is 1. The van der Waals surface area contributed by atoms with Crippen molar-refractivity contribution in [1.29, 1.82) is 0 Å². The number of methoxy groups -OCH3 is 1. The van der Waals surface area contributed by atoms with Gasteiger partial charge in [-0.15, -0.1) is 0 Å². The van der Waals surface area contributed by atoms with Crippen LogP contribution in [0.15, 0.2) is 23.4 Å². The topological polar surface area (TPSA) is 44.8 Å². The second-order valence-corrected chi connectivity index (χ2v) is 3.19. The number of hydrogen-bond donors (Lipinski definition) is 0. The van der Waals surface area contributed by atoms with Crippen molar-refractivity contribution in [2.24, 2.45) is 0 Å². The van der Waals surface area contributed by atoms with Gasteiger partial charge in [0.05, 0.1) is 19.8 Å². The van der Waals surface area contributed by atoms with Crippen LogP contribution in [0.25, 0.3) is 0 Å². The molecule has 1 saturated heterocycles. The zero-order valence-electron chi connectivity index (χ0n) is 8.04. The summed E-state index contributed by atoms with van der Waals surface area (Å²) in [6.07, 6.45) is 4.26. The number of carbonyl (C=O) groups excluding carboxylic acids is 1. The number of allylic oxidation sites excluding steroid dienone is 1. The molecule has 0 N–H and O–H groups in total. The van der Waals surface area contributed by atoms with E-state index < -0.39 is 5.97 Å². The van der Waals surface area contributed by atoms with Crippen LogP contribution < -0.4 is 0 Å². The molecule has 1 fully saturated rings. The van der Waals surface area contributed by atoms with Crippen molar-refractivity contribution in [1.82, 2.24) is 0 Å². The standard InChI is InChI=1S/C10H12O4/c1-12-8-6-9(11)14-10(8)7-4-2-3-5-13-7/h6H,2-5H2,1H3/b10-7-. The van der Waals surface area contributed by atoms with Crippen LogP contribution >= 0.6 is 0 Å². The Balaban J connectivity index is 2.24. The van der Waals surface area contributed by atoms with Crippen LogP contribution in [-0.4, -0.2) is 19.7 Å². The molecule has 2 rings (SSSR count). The average Bonchev–Trinajstić information content (AvgIpc) is 2.61. The second kappa shape index (κ2) is 3.74. The normalized spacial score (nSPS) is 26.6. The summed E-state index contributed by atoms with van der Waals surface area (Å²) < 4.78 is 15.5. The van der Waals surface area contributed by atoms with E-state index in [1.54, 1.807) is 0 Å². The van der Waals surface area contributed by atoms with E-state index in [1.165, 1.54) is 13.2 Å². The van der Waals surface area contributed by atoms with Gasteiger partial charge in [-0.05, 0) is 12.8 Å². The molecular formula is C10H12O4. The Kier molecular flexibility index (Phi) is 2.43. The highest BCUT2D eigenvalue weighted by Crippen LogP contribution is 2.29. The minimum Gasteiger partial charge on any atom is -0.494 e. The minimum atomic E-state index is -0.390. The van der Waals surface area contributed by atoms with Crippen LogP contribution in [0.1, 0.15) is 19.3 Å². The Morgan fingerprint density at radius 1 is 1.43 bits per heavy atom. The zero-order chi connectivity index (χ0) is 9.97. The molecule has 4 heteroatoms. The fourth-order valence-corrected chi connectivity index (χ4v) is 1.53.